The highest BCUT2D eigenvalue weighted by atomic mass is 16.2. The number of hydrogen-bond donors (Lipinski definition) is 2. The molecule has 1 aliphatic heterocycles. The monoisotopic (exact) mass is 407 g/mol. The Bertz CT molecular complexity index is 926. The van der Waals surface area contributed by atoms with E-state index in [1.165, 1.54) is 16.7 Å². The van der Waals surface area contributed by atoms with E-state index < -0.39 is 0 Å². The first-order chi connectivity index (χ1) is 14.2. The van der Waals surface area contributed by atoms with E-state index in [-0.39, 0.29) is 24.9 Å². The normalized spacial score (nSPS) is 13.2. The molecule has 160 valence electrons. The van der Waals surface area contributed by atoms with Gasteiger partial charge in [0.15, 0.2) is 0 Å². The van der Waals surface area contributed by atoms with E-state index in [9.17, 15) is 9.59 Å². The number of hydrogen-bond acceptors (Lipinski definition) is 3. The van der Waals surface area contributed by atoms with Gasteiger partial charge >= 0.3 is 0 Å². The smallest absolute Gasteiger partial charge is 0.243 e. The van der Waals surface area contributed by atoms with Gasteiger partial charge in [-0.25, -0.2) is 0 Å². The highest BCUT2D eigenvalue weighted by Gasteiger charge is 2.20. The van der Waals surface area contributed by atoms with Gasteiger partial charge in [0.05, 0.1) is 13.1 Å². The number of amides is 2. The quantitative estimate of drug-likeness (QED) is 0.753. The predicted octanol–water partition coefficient (Wildman–Crippen LogP) is 4.24. The zero-order chi connectivity index (χ0) is 21.8. The van der Waals surface area contributed by atoms with Crippen LogP contribution in [-0.4, -0.2) is 31.4 Å². The Kier molecular flexibility index (Phi) is 6.80. The minimum Gasteiger partial charge on any atom is -0.362 e. The van der Waals surface area contributed by atoms with Gasteiger partial charge in [-0.05, 0) is 67.9 Å². The lowest BCUT2D eigenvalue weighted by Crippen LogP contribution is -2.42. The Morgan fingerprint density at radius 2 is 1.73 bits per heavy atom. The minimum absolute atomic E-state index is 0.0292. The van der Waals surface area contributed by atoms with Crippen LogP contribution in [0.2, 0.25) is 0 Å². The SMILES string of the molecule is Cc1cc(C)c(NC(=O)CNC(=O)CN2CCCc3cc(C(C)C)ccc32)c(C)c1. The first-order valence-electron chi connectivity index (χ1n) is 10.8. The van der Waals surface area contributed by atoms with Crippen LogP contribution in [0.3, 0.4) is 0 Å². The van der Waals surface area contributed by atoms with Gasteiger partial charge in [-0.1, -0.05) is 43.7 Å². The van der Waals surface area contributed by atoms with Crippen molar-refractivity contribution in [3.63, 3.8) is 0 Å². The second-order valence-corrected chi connectivity index (χ2v) is 8.67. The van der Waals surface area contributed by atoms with E-state index >= 15 is 0 Å². The number of rotatable bonds is 6. The first-order valence-corrected chi connectivity index (χ1v) is 10.8. The van der Waals surface area contributed by atoms with Gasteiger partial charge in [0.25, 0.3) is 0 Å². The van der Waals surface area contributed by atoms with Gasteiger partial charge in [0, 0.05) is 17.9 Å². The lowest BCUT2D eigenvalue weighted by Gasteiger charge is -2.31. The average Bonchev–Trinajstić information content (AvgIpc) is 2.69. The van der Waals surface area contributed by atoms with Gasteiger partial charge in [-0.2, -0.15) is 0 Å². The van der Waals surface area contributed by atoms with Crippen LogP contribution in [0.15, 0.2) is 30.3 Å². The standard InChI is InChI=1S/C25H33N3O2/c1-16(2)20-8-9-22-21(13-20)7-6-10-28(22)15-24(30)26-14-23(29)27-25-18(4)11-17(3)12-19(25)5/h8-9,11-13,16H,6-7,10,14-15H2,1-5H3,(H,26,30)(H,27,29). The molecule has 0 atom stereocenters. The van der Waals surface area contributed by atoms with Crippen LogP contribution < -0.4 is 15.5 Å². The van der Waals surface area contributed by atoms with E-state index in [2.05, 4.69) is 47.6 Å². The molecular weight excluding hydrogens is 374 g/mol. The molecule has 30 heavy (non-hydrogen) atoms. The summed E-state index contributed by atoms with van der Waals surface area (Å²) in [6.45, 7) is 11.5. The molecule has 0 aromatic heterocycles. The summed E-state index contributed by atoms with van der Waals surface area (Å²) in [6, 6.07) is 10.6. The third kappa shape index (κ3) is 5.21. The van der Waals surface area contributed by atoms with Crippen molar-refractivity contribution >= 4 is 23.2 Å². The number of anilines is 2. The van der Waals surface area contributed by atoms with E-state index in [0.717, 1.165) is 41.9 Å². The number of carbonyl (C=O) groups is 2. The third-order valence-electron chi connectivity index (χ3n) is 5.71. The topological polar surface area (TPSA) is 61.4 Å². The highest BCUT2D eigenvalue weighted by molar-refractivity contribution is 5.96. The molecule has 2 N–H and O–H groups in total. The van der Waals surface area contributed by atoms with E-state index in [1.807, 2.05) is 32.9 Å². The Hall–Kier alpha value is -2.82. The van der Waals surface area contributed by atoms with Crippen LogP contribution in [0, 0.1) is 20.8 Å². The minimum atomic E-state index is -0.209. The van der Waals surface area contributed by atoms with Crippen LogP contribution in [0.25, 0.3) is 0 Å². The predicted molar refractivity (Wildman–Crippen MR) is 123 cm³/mol. The van der Waals surface area contributed by atoms with Crippen molar-refractivity contribution < 1.29 is 9.59 Å². The lowest BCUT2D eigenvalue weighted by molar-refractivity contribution is -0.123. The van der Waals surface area contributed by atoms with Gasteiger partial charge in [0.1, 0.15) is 0 Å². The van der Waals surface area contributed by atoms with Gasteiger partial charge in [0.2, 0.25) is 11.8 Å². The molecule has 0 bridgehead atoms. The van der Waals surface area contributed by atoms with Crippen molar-refractivity contribution in [3.8, 4) is 0 Å². The Morgan fingerprint density at radius 1 is 1.03 bits per heavy atom. The Balaban J connectivity index is 1.56. The van der Waals surface area contributed by atoms with Crippen LogP contribution in [-0.2, 0) is 16.0 Å². The second kappa shape index (κ2) is 9.33. The first kappa shape index (κ1) is 21.9. The molecule has 0 saturated heterocycles. The molecule has 0 saturated carbocycles. The molecule has 0 unspecified atom stereocenters. The fraction of sp³-hybridized carbons (Fsp3) is 0.440. The lowest BCUT2D eigenvalue weighted by atomic mass is 9.95. The van der Waals surface area contributed by atoms with E-state index in [1.54, 1.807) is 0 Å². The van der Waals surface area contributed by atoms with E-state index in [4.69, 9.17) is 0 Å². The second-order valence-electron chi connectivity index (χ2n) is 8.67. The average molecular weight is 408 g/mol. The number of carbonyl (C=O) groups excluding carboxylic acids is 2. The van der Waals surface area contributed by atoms with Gasteiger partial charge in [-0.15, -0.1) is 0 Å². The van der Waals surface area contributed by atoms with Crippen LogP contribution >= 0.6 is 0 Å². The summed E-state index contributed by atoms with van der Waals surface area (Å²) in [5.74, 6) is 0.149. The summed E-state index contributed by atoms with van der Waals surface area (Å²) < 4.78 is 0. The summed E-state index contributed by atoms with van der Waals surface area (Å²) in [5, 5.41) is 5.70. The number of nitrogens with zero attached hydrogens (tertiary/aromatic N) is 1. The molecule has 0 spiro atoms. The summed E-state index contributed by atoms with van der Waals surface area (Å²) in [5.41, 5.74) is 7.82. The fourth-order valence-corrected chi connectivity index (χ4v) is 4.19. The van der Waals surface area contributed by atoms with Crippen LogP contribution in [0.5, 0.6) is 0 Å². The number of fused-ring (bicyclic) bond motifs is 1. The number of nitrogens with one attached hydrogen (secondary N) is 2. The molecule has 0 aliphatic carbocycles. The third-order valence-corrected chi connectivity index (χ3v) is 5.71. The Labute approximate surface area is 179 Å². The van der Waals surface area contributed by atoms with Crippen molar-refractivity contribution in [3.05, 3.63) is 58.1 Å². The molecule has 2 aromatic carbocycles. The van der Waals surface area contributed by atoms with Crippen molar-refractivity contribution in [1.82, 2.24) is 5.32 Å². The van der Waals surface area contributed by atoms with Gasteiger partial charge < -0.3 is 15.5 Å². The molecule has 0 radical (unpaired) electrons. The number of benzene rings is 2. The number of aryl methyl sites for hydroxylation is 4. The highest BCUT2D eigenvalue weighted by Crippen LogP contribution is 2.30. The van der Waals surface area contributed by atoms with Crippen molar-refractivity contribution in [2.75, 3.05) is 29.9 Å². The van der Waals surface area contributed by atoms with Gasteiger partial charge in [-0.3, -0.25) is 9.59 Å². The van der Waals surface area contributed by atoms with E-state index in [0.29, 0.717) is 5.92 Å². The zero-order valence-electron chi connectivity index (χ0n) is 18.8. The zero-order valence-corrected chi connectivity index (χ0v) is 18.8. The molecule has 5 heteroatoms. The van der Waals surface area contributed by atoms with Crippen molar-refractivity contribution in [2.45, 2.75) is 53.4 Å². The molecule has 2 aromatic rings. The summed E-state index contributed by atoms with van der Waals surface area (Å²) in [7, 11) is 0. The summed E-state index contributed by atoms with van der Waals surface area (Å²) in [6.07, 6.45) is 2.08. The fourth-order valence-electron chi connectivity index (χ4n) is 4.19. The summed E-state index contributed by atoms with van der Waals surface area (Å²) in [4.78, 5) is 27.0. The maximum atomic E-state index is 12.5. The summed E-state index contributed by atoms with van der Waals surface area (Å²) >= 11 is 0. The molecule has 1 aliphatic rings. The molecule has 3 rings (SSSR count). The molecule has 0 fully saturated rings. The maximum Gasteiger partial charge on any atom is 0.243 e. The maximum absolute atomic E-state index is 12.5. The van der Waals surface area contributed by atoms with Crippen LogP contribution in [0.1, 0.15) is 54.0 Å². The molecule has 2 amide bonds. The van der Waals surface area contributed by atoms with Crippen LogP contribution in [0.4, 0.5) is 11.4 Å². The Morgan fingerprint density at radius 3 is 2.40 bits per heavy atom. The molecular formula is C25H33N3O2. The van der Waals surface area contributed by atoms with Crippen molar-refractivity contribution in [1.29, 1.82) is 0 Å². The molecule has 1 heterocycles. The molecule has 5 nitrogen and oxygen atoms in total. The van der Waals surface area contributed by atoms with Crippen molar-refractivity contribution in [2.24, 2.45) is 0 Å². The largest absolute Gasteiger partial charge is 0.362 e.